The summed E-state index contributed by atoms with van der Waals surface area (Å²) in [4.78, 5) is 17.4. The van der Waals surface area contributed by atoms with Crippen LogP contribution in [0.25, 0.3) is 0 Å². The number of hydrogen-bond donors (Lipinski definition) is 1. The second kappa shape index (κ2) is 5.43. The molecule has 0 spiro atoms. The second-order valence-corrected chi connectivity index (χ2v) is 3.55. The van der Waals surface area contributed by atoms with Crippen LogP contribution in [0.4, 0.5) is 20.4 Å². The zero-order valence-corrected chi connectivity index (χ0v) is 10.1. The molecule has 1 aromatic carbocycles. The van der Waals surface area contributed by atoms with E-state index in [0.717, 1.165) is 18.3 Å². The number of rotatable bonds is 4. The molecule has 0 saturated heterocycles. The zero-order valence-electron chi connectivity index (χ0n) is 10.1. The molecule has 0 bridgehead atoms. The molecule has 0 fully saturated rings. The smallest absolute Gasteiger partial charge is 0.349 e. The summed E-state index contributed by atoms with van der Waals surface area (Å²) >= 11 is 0. The molecule has 20 heavy (non-hydrogen) atoms. The van der Waals surface area contributed by atoms with Gasteiger partial charge < -0.3 is 10.1 Å². The molecule has 0 amide bonds. The van der Waals surface area contributed by atoms with Gasteiger partial charge in [0.25, 0.3) is 0 Å². The first-order valence-electron chi connectivity index (χ1n) is 5.34. The van der Waals surface area contributed by atoms with Crippen molar-refractivity contribution in [3.63, 3.8) is 0 Å². The average Bonchev–Trinajstić information content (AvgIpc) is 2.43. The Balaban J connectivity index is 2.46. The van der Waals surface area contributed by atoms with Gasteiger partial charge in [-0.2, -0.15) is 9.37 Å². The monoisotopic (exact) mass is 282 g/mol. The van der Waals surface area contributed by atoms with Gasteiger partial charge in [0.2, 0.25) is 11.8 Å². The summed E-state index contributed by atoms with van der Waals surface area (Å²) in [5.74, 6) is -3.34. The van der Waals surface area contributed by atoms with Crippen LogP contribution >= 0.6 is 0 Å². The largest absolute Gasteiger partial charge is 0.430 e. The SMILES string of the molecule is CNc1ncc([N+](=O)[O-])c(Oc2cccc(F)c2F)n1. The summed E-state index contributed by atoms with van der Waals surface area (Å²) in [6.45, 7) is 0. The van der Waals surface area contributed by atoms with Gasteiger partial charge >= 0.3 is 11.6 Å². The van der Waals surface area contributed by atoms with E-state index in [9.17, 15) is 18.9 Å². The van der Waals surface area contributed by atoms with Crippen LogP contribution in [0.2, 0.25) is 0 Å². The fourth-order valence-electron chi connectivity index (χ4n) is 1.35. The van der Waals surface area contributed by atoms with Gasteiger partial charge in [-0.1, -0.05) is 6.07 Å². The van der Waals surface area contributed by atoms with Gasteiger partial charge in [0.1, 0.15) is 6.20 Å². The first-order valence-corrected chi connectivity index (χ1v) is 5.34. The normalized spacial score (nSPS) is 10.2. The minimum atomic E-state index is -1.26. The quantitative estimate of drug-likeness (QED) is 0.684. The average molecular weight is 282 g/mol. The van der Waals surface area contributed by atoms with Crippen molar-refractivity contribution >= 4 is 11.6 Å². The van der Waals surface area contributed by atoms with E-state index in [1.165, 1.54) is 13.1 Å². The van der Waals surface area contributed by atoms with Gasteiger partial charge in [0, 0.05) is 7.05 Å². The Bertz CT molecular complexity index is 666. The predicted octanol–water partition coefficient (Wildman–Crippen LogP) is 2.50. The molecule has 9 heteroatoms. The Morgan fingerprint density at radius 3 is 2.80 bits per heavy atom. The molecule has 1 aromatic heterocycles. The fraction of sp³-hybridized carbons (Fsp3) is 0.0909. The lowest BCUT2D eigenvalue weighted by Crippen LogP contribution is -2.02. The Hall–Kier alpha value is -2.84. The maximum atomic E-state index is 13.5. The summed E-state index contributed by atoms with van der Waals surface area (Å²) in [6.07, 6.45) is 0.908. The molecule has 0 saturated carbocycles. The van der Waals surface area contributed by atoms with E-state index in [2.05, 4.69) is 15.3 Å². The summed E-state index contributed by atoms with van der Waals surface area (Å²) < 4.78 is 31.5. The zero-order chi connectivity index (χ0) is 14.7. The fourth-order valence-corrected chi connectivity index (χ4v) is 1.35. The van der Waals surface area contributed by atoms with E-state index in [-0.39, 0.29) is 5.95 Å². The molecule has 0 aliphatic carbocycles. The van der Waals surface area contributed by atoms with E-state index < -0.39 is 33.9 Å². The molecular weight excluding hydrogens is 274 g/mol. The molecular formula is C11H8F2N4O3. The Kier molecular flexibility index (Phi) is 3.69. The molecule has 7 nitrogen and oxygen atoms in total. The number of nitrogens with zero attached hydrogens (tertiary/aromatic N) is 3. The minimum absolute atomic E-state index is 0.0439. The van der Waals surface area contributed by atoms with Gasteiger partial charge in [-0.05, 0) is 12.1 Å². The number of nitro groups is 1. The van der Waals surface area contributed by atoms with Crippen molar-refractivity contribution in [2.24, 2.45) is 0 Å². The Labute approximate surface area is 111 Å². The van der Waals surface area contributed by atoms with Crippen LogP contribution in [0.1, 0.15) is 0 Å². The third-order valence-corrected chi connectivity index (χ3v) is 2.28. The van der Waals surface area contributed by atoms with Crippen molar-refractivity contribution in [2.75, 3.05) is 12.4 Å². The molecule has 0 aliphatic rings. The maximum absolute atomic E-state index is 13.5. The van der Waals surface area contributed by atoms with Crippen molar-refractivity contribution in [3.05, 3.63) is 46.1 Å². The van der Waals surface area contributed by atoms with Crippen LogP contribution in [0.3, 0.4) is 0 Å². The highest BCUT2D eigenvalue weighted by atomic mass is 19.2. The number of anilines is 1. The lowest BCUT2D eigenvalue weighted by Gasteiger charge is -2.07. The second-order valence-electron chi connectivity index (χ2n) is 3.55. The Morgan fingerprint density at radius 2 is 2.15 bits per heavy atom. The van der Waals surface area contributed by atoms with Crippen LogP contribution in [-0.2, 0) is 0 Å². The highest BCUT2D eigenvalue weighted by molar-refractivity contribution is 5.45. The molecule has 0 radical (unpaired) electrons. The van der Waals surface area contributed by atoms with Crippen LogP contribution < -0.4 is 10.1 Å². The van der Waals surface area contributed by atoms with Crippen molar-refractivity contribution in [1.29, 1.82) is 0 Å². The van der Waals surface area contributed by atoms with E-state index in [0.29, 0.717) is 0 Å². The van der Waals surface area contributed by atoms with Gasteiger partial charge in [0.05, 0.1) is 4.92 Å². The number of halogens is 2. The summed E-state index contributed by atoms with van der Waals surface area (Å²) in [7, 11) is 1.49. The molecule has 0 aliphatic heterocycles. The van der Waals surface area contributed by atoms with Crippen molar-refractivity contribution < 1.29 is 18.4 Å². The van der Waals surface area contributed by atoms with Gasteiger partial charge in [-0.15, -0.1) is 0 Å². The van der Waals surface area contributed by atoms with Gasteiger partial charge in [-0.3, -0.25) is 10.1 Å². The number of benzene rings is 1. The first-order chi connectivity index (χ1) is 9.52. The van der Waals surface area contributed by atoms with E-state index in [4.69, 9.17) is 4.74 Å². The number of hydrogen-bond acceptors (Lipinski definition) is 6. The topological polar surface area (TPSA) is 90.2 Å². The minimum Gasteiger partial charge on any atom is -0.430 e. The molecule has 0 atom stereocenters. The molecule has 2 aromatic rings. The third-order valence-electron chi connectivity index (χ3n) is 2.28. The van der Waals surface area contributed by atoms with E-state index in [1.54, 1.807) is 0 Å². The molecule has 1 N–H and O–H groups in total. The lowest BCUT2D eigenvalue weighted by molar-refractivity contribution is -0.386. The van der Waals surface area contributed by atoms with Crippen LogP contribution in [-0.4, -0.2) is 21.9 Å². The van der Waals surface area contributed by atoms with Crippen LogP contribution in [0, 0.1) is 21.7 Å². The van der Waals surface area contributed by atoms with Crippen molar-refractivity contribution in [3.8, 4) is 11.6 Å². The van der Waals surface area contributed by atoms with Crippen LogP contribution in [0.15, 0.2) is 24.4 Å². The van der Waals surface area contributed by atoms with Crippen molar-refractivity contribution in [2.45, 2.75) is 0 Å². The molecule has 104 valence electrons. The lowest BCUT2D eigenvalue weighted by atomic mass is 10.3. The van der Waals surface area contributed by atoms with Crippen LogP contribution in [0.5, 0.6) is 11.6 Å². The third kappa shape index (κ3) is 2.60. The van der Waals surface area contributed by atoms with Gasteiger partial charge in [-0.25, -0.2) is 9.37 Å². The first kappa shape index (κ1) is 13.6. The molecule has 1 heterocycles. The number of ether oxygens (including phenoxy) is 1. The van der Waals surface area contributed by atoms with E-state index >= 15 is 0 Å². The number of nitrogens with one attached hydrogen (secondary N) is 1. The molecule has 2 rings (SSSR count). The highest BCUT2D eigenvalue weighted by Crippen LogP contribution is 2.31. The summed E-state index contributed by atoms with van der Waals surface area (Å²) in [5.41, 5.74) is -0.562. The van der Waals surface area contributed by atoms with Crippen molar-refractivity contribution in [1.82, 2.24) is 9.97 Å². The maximum Gasteiger partial charge on any atom is 0.349 e. The number of aromatic nitrogens is 2. The summed E-state index contributed by atoms with van der Waals surface area (Å²) in [5, 5.41) is 13.4. The highest BCUT2D eigenvalue weighted by Gasteiger charge is 2.21. The Morgan fingerprint density at radius 1 is 1.40 bits per heavy atom. The summed E-state index contributed by atoms with van der Waals surface area (Å²) in [6, 6.07) is 3.23. The van der Waals surface area contributed by atoms with E-state index in [1.807, 2.05) is 0 Å². The predicted molar refractivity (Wildman–Crippen MR) is 64.7 cm³/mol. The molecule has 0 unspecified atom stereocenters. The standard InChI is InChI=1S/C11H8F2N4O3/c1-14-11-15-5-7(17(18)19)10(16-11)20-8-4-2-3-6(12)9(8)13/h2-5H,1H3,(H,14,15,16). The van der Waals surface area contributed by atoms with Gasteiger partial charge in [0.15, 0.2) is 11.6 Å².